The van der Waals surface area contributed by atoms with Crippen LogP contribution >= 0.6 is 0 Å². The highest BCUT2D eigenvalue weighted by Crippen LogP contribution is 2.21. The van der Waals surface area contributed by atoms with E-state index in [4.69, 9.17) is 0 Å². The number of hydrogen-bond donors (Lipinski definition) is 1. The van der Waals surface area contributed by atoms with Gasteiger partial charge in [-0.3, -0.25) is 4.90 Å². The Labute approximate surface area is 132 Å². The van der Waals surface area contributed by atoms with E-state index in [0.29, 0.717) is 6.04 Å². The van der Waals surface area contributed by atoms with E-state index in [1.165, 1.54) is 77.8 Å². The zero-order valence-electron chi connectivity index (χ0n) is 14.6. The van der Waals surface area contributed by atoms with Gasteiger partial charge < -0.3 is 10.2 Å². The second-order valence-corrected chi connectivity index (χ2v) is 7.24. The van der Waals surface area contributed by atoms with Crippen molar-refractivity contribution < 1.29 is 0 Å². The van der Waals surface area contributed by atoms with E-state index in [1.807, 2.05) is 0 Å². The van der Waals surface area contributed by atoms with E-state index < -0.39 is 0 Å². The van der Waals surface area contributed by atoms with Crippen molar-refractivity contribution in [2.75, 3.05) is 39.3 Å². The molecule has 3 unspecified atom stereocenters. The predicted molar refractivity (Wildman–Crippen MR) is 91.8 cm³/mol. The van der Waals surface area contributed by atoms with Crippen LogP contribution in [0.5, 0.6) is 0 Å². The molecule has 2 saturated heterocycles. The fraction of sp³-hybridized carbons (Fsp3) is 1.00. The molecule has 0 aromatic heterocycles. The molecule has 2 aliphatic rings. The second-order valence-electron chi connectivity index (χ2n) is 7.24. The number of nitrogens with zero attached hydrogens (tertiary/aromatic N) is 2. The number of likely N-dealkylation sites (tertiary alicyclic amines) is 2. The van der Waals surface area contributed by atoms with Crippen LogP contribution in [0.25, 0.3) is 0 Å². The Morgan fingerprint density at radius 2 is 1.86 bits per heavy atom. The molecule has 3 nitrogen and oxygen atoms in total. The highest BCUT2D eigenvalue weighted by atomic mass is 15.3. The Hall–Kier alpha value is -0.120. The molecular weight excluding hydrogens is 258 g/mol. The standard InChI is InChI=1S/C18H37N3/c1-4-10-19-18(16(3)5-2)15-20-13-9-17(14-20)21-11-7-6-8-12-21/h16-19H,4-15H2,1-3H3. The minimum Gasteiger partial charge on any atom is -0.312 e. The van der Waals surface area contributed by atoms with Crippen LogP contribution < -0.4 is 5.32 Å². The molecule has 0 amide bonds. The number of hydrogen-bond acceptors (Lipinski definition) is 3. The molecule has 2 rings (SSSR count). The van der Waals surface area contributed by atoms with Gasteiger partial charge in [0.25, 0.3) is 0 Å². The molecule has 124 valence electrons. The van der Waals surface area contributed by atoms with E-state index in [-0.39, 0.29) is 0 Å². The molecule has 0 saturated carbocycles. The summed E-state index contributed by atoms with van der Waals surface area (Å²) in [6.45, 7) is 14.7. The smallest absolute Gasteiger partial charge is 0.0235 e. The zero-order valence-corrected chi connectivity index (χ0v) is 14.6. The summed E-state index contributed by atoms with van der Waals surface area (Å²) in [5.74, 6) is 0.783. The van der Waals surface area contributed by atoms with Crippen molar-refractivity contribution in [1.29, 1.82) is 0 Å². The number of rotatable bonds is 8. The summed E-state index contributed by atoms with van der Waals surface area (Å²) in [6.07, 6.45) is 8.20. The van der Waals surface area contributed by atoms with Crippen LogP contribution in [0.3, 0.4) is 0 Å². The molecule has 0 aromatic carbocycles. The van der Waals surface area contributed by atoms with Crippen molar-refractivity contribution in [3.8, 4) is 0 Å². The van der Waals surface area contributed by atoms with Crippen LogP contribution in [0.4, 0.5) is 0 Å². The van der Waals surface area contributed by atoms with Crippen LogP contribution in [-0.4, -0.2) is 61.2 Å². The van der Waals surface area contributed by atoms with Crippen molar-refractivity contribution in [1.82, 2.24) is 15.1 Å². The quantitative estimate of drug-likeness (QED) is 0.743. The molecule has 0 spiro atoms. The van der Waals surface area contributed by atoms with Crippen molar-refractivity contribution >= 4 is 0 Å². The van der Waals surface area contributed by atoms with E-state index in [1.54, 1.807) is 0 Å². The Morgan fingerprint density at radius 3 is 2.52 bits per heavy atom. The van der Waals surface area contributed by atoms with E-state index >= 15 is 0 Å². The average Bonchev–Trinajstić information content (AvgIpc) is 3.00. The minimum atomic E-state index is 0.676. The second kappa shape index (κ2) is 9.12. The number of piperidine rings is 1. The van der Waals surface area contributed by atoms with Gasteiger partial charge in [0.2, 0.25) is 0 Å². The van der Waals surface area contributed by atoms with Crippen molar-refractivity contribution in [3.05, 3.63) is 0 Å². The van der Waals surface area contributed by atoms with Crippen LogP contribution in [0, 0.1) is 5.92 Å². The molecule has 3 heteroatoms. The monoisotopic (exact) mass is 295 g/mol. The van der Waals surface area contributed by atoms with Crippen LogP contribution in [0.1, 0.15) is 59.3 Å². The lowest BCUT2D eigenvalue weighted by Gasteiger charge is -2.33. The Kier molecular flexibility index (Phi) is 7.48. The lowest BCUT2D eigenvalue weighted by Crippen LogP contribution is -2.46. The summed E-state index contributed by atoms with van der Waals surface area (Å²) in [4.78, 5) is 5.49. The third-order valence-electron chi connectivity index (χ3n) is 5.60. The summed E-state index contributed by atoms with van der Waals surface area (Å²) >= 11 is 0. The molecule has 0 aliphatic carbocycles. The summed E-state index contributed by atoms with van der Waals surface area (Å²) in [5, 5.41) is 3.79. The van der Waals surface area contributed by atoms with E-state index in [9.17, 15) is 0 Å². The first-order chi connectivity index (χ1) is 10.2. The zero-order chi connectivity index (χ0) is 15.1. The summed E-state index contributed by atoms with van der Waals surface area (Å²) in [5.41, 5.74) is 0. The molecule has 3 atom stereocenters. The van der Waals surface area contributed by atoms with Gasteiger partial charge in [-0.05, 0) is 57.8 Å². The van der Waals surface area contributed by atoms with E-state index in [0.717, 1.165) is 12.0 Å². The van der Waals surface area contributed by atoms with Gasteiger partial charge in [0.05, 0.1) is 0 Å². The topological polar surface area (TPSA) is 18.5 Å². The van der Waals surface area contributed by atoms with Gasteiger partial charge in [-0.1, -0.05) is 33.6 Å². The Morgan fingerprint density at radius 1 is 1.10 bits per heavy atom. The molecule has 0 radical (unpaired) electrons. The molecule has 0 bridgehead atoms. The van der Waals surface area contributed by atoms with Gasteiger partial charge in [-0.2, -0.15) is 0 Å². The van der Waals surface area contributed by atoms with Crippen molar-refractivity contribution in [2.45, 2.75) is 71.4 Å². The molecule has 21 heavy (non-hydrogen) atoms. The fourth-order valence-corrected chi connectivity index (χ4v) is 3.90. The average molecular weight is 296 g/mol. The molecule has 1 N–H and O–H groups in total. The first-order valence-electron chi connectivity index (χ1n) is 9.44. The summed E-state index contributed by atoms with van der Waals surface area (Å²) < 4.78 is 0. The highest BCUT2D eigenvalue weighted by molar-refractivity contribution is 4.87. The van der Waals surface area contributed by atoms with Gasteiger partial charge in [-0.25, -0.2) is 0 Å². The normalized spacial score (nSPS) is 27.9. The molecule has 2 fully saturated rings. The van der Waals surface area contributed by atoms with Gasteiger partial charge >= 0.3 is 0 Å². The first kappa shape index (κ1) is 17.2. The van der Waals surface area contributed by atoms with Crippen molar-refractivity contribution in [2.24, 2.45) is 5.92 Å². The number of nitrogens with one attached hydrogen (secondary N) is 1. The predicted octanol–water partition coefficient (Wildman–Crippen LogP) is 2.96. The molecule has 2 aliphatic heterocycles. The maximum atomic E-state index is 3.79. The van der Waals surface area contributed by atoms with Gasteiger partial charge in [0, 0.05) is 25.2 Å². The largest absolute Gasteiger partial charge is 0.312 e. The SMILES string of the molecule is CCCNC(CN1CCC(N2CCCCC2)C1)C(C)CC. The maximum absolute atomic E-state index is 3.79. The summed E-state index contributed by atoms with van der Waals surface area (Å²) in [7, 11) is 0. The van der Waals surface area contributed by atoms with E-state index in [2.05, 4.69) is 35.9 Å². The van der Waals surface area contributed by atoms with Crippen molar-refractivity contribution in [3.63, 3.8) is 0 Å². The summed E-state index contributed by atoms with van der Waals surface area (Å²) in [6, 6.07) is 1.52. The van der Waals surface area contributed by atoms with Gasteiger partial charge in [0.1, 0.15) is 0 Å². The Bertz CT molecular complexity index is 276. The third kappa shape index (κ3) is 5.22. The lowest BCUT2D eigenvalue weighted by atomic mass is 9.98. The van der Waals surface area contributed by atoms with Crippen LogP contribution in [0.15, 0.2) is 0 Å². The first-order valence-corrected chi connectivity index (χ1v) is 9.44. The molecule has 0 aromatic rings. The highest BCUT2D eigenvalue weighted by Gasteiger charge is 2.30. The van der Waals surface area contributed by atoms with Crippen LogP contribution in [-0.2, 0) is 0 Å². The Balaban J connectivity index is 1.78. The van der Waals surface area contributed by atoms with Gasteiger partial charge in [0.15, 0.2) is 0 Å². The van der Waals surface area contributed by atoms with Gasteiger partial charge in [-0.15, -0.1) is 0 Å². The molecule has 2 heterocycles. The van der Waals surface area contributed by atoms with Crippen LogP contribution in [0.2, 0.25) is 0 Å². The third-order valence-corrected chi connectivity index (χ3v) is 5.60. The fourth-order valence-electron chi connectivity index (χ4n) is 3.90. The maximum Gasteiger partial charge on any atom is 0.0235 e. The molecular formula is C18H37N3. The minimum absolute atomic E-state index is 0.676. The lowest BCUT2D eigenvalue weighted by molar-refractivity contribution is 0.157.